The minimum Gasteiger partial charge on any atom is -0.450 e. The Bertz CT molecular complexity index is 506. The number of amides is 2. The van der Waals surface area contributed by atoms with Gasteiger partial charge in [0.25, 0.3) is 5.91 Å². The lowest BCUT2D eigenvalue weighted by atomic mass is 10.4. The number of carbonyl (C=O) groups is 2. The van der Waals surface area contributed by atoms with Gasteiger partial charge in [-0.2, -0.15) is 18.3 Å². The quantitative estimate of drug-likeness (QED) is 0.660. The first-order valence-electron chi connectivity index (χ1n) is 4.94. The van der Waals surface area contributed by atoms with Gasteiger partial charge in [-0.15, -0.1) is 0 Å². The lowest BCUT2D eigenvalue weighted by molar-refractivity contribution is -0.172. The lowest BCUT2D eigenvalue weighted by Crippen LogP contribution is -2.40. The molecular formula is C10H10F3N3O3. The van der Waals surface area contributed by atoms with Crippen molar-refractivity contribution in [2.75, 3.05) is 14.1 Å². The van der Waals surface area contributed by atoms with E-state index in [2.05, 4.69) is 5.10 Å². The third kappa shape index (κ3) is 4.45. The third-order valence-corrected chi connectivity index (χ3v) is 1.75. The summed E-state index contributed by atoms with van der Waals surface area (Å²) in [6.07, 6.45) is -3.86. The van der Waals surface area contributed by atoms with E-state index >= 15 is 0 Å². The van der Waals surface area contributed by atoms with Gasteiger partial charge in [-0.3, -0.25) is 14.9 Å². The number of furan rings is 1. The van der Waals surface area contributed by atoms with E-state index in [0.29, 0.717) is 0 Å². The predicted octanol–water partition coefficient (Wildman–Crippen LogP) is 0.994. The maximum absolute atomic E-state index is 11.9. The molecule has 1 N–H and O–H groups in total. The molecule has 1 aromatic rings. The van der Waals surface area contributed by atoms with Crippen LogP contribution in [0.25, 0.3) is 0 Å². The second kappa shape index (κ2) is 5.55. The van der Waals surface area contributed by atoms with Gasteiger partial charge in [0.1, 0.15) is 5.76 Å². The number of carbonyl (C=O) groups excluding carboxylic acids is 2. The maximum atomic E-state index is 11.9. The fraction of sp³-hybridized carbons (Fsp3) is 0.300. The van der Waals surface area contributed by atoms with Crippen molar-refractivity contribution in [3.63, 3.8) is 0 Å². The molecule has 1 rings (SSSR count). The van der Waals surface area contributed by atoms with Gasteiger partial charge in [-0.25, -0.2) is 0 Å². The Morgan fingerprint density at radius 1 is 1.37 bits per heavy atom. The van der Waals surface area contributed by atoms with Crippen molar-refractivity contribution in [1.29, 1.82) is 0 Å². The van der Waals surface area contributed by atoms with Crippen LogP contribution >= 0.6 is 0 Å². The van der Waals surface area contributed by atoms with E-state index in [4.69, 9.17) is 4.42 Å². The van der Waals surface area contributed by atoms with Crippen LogP contribution in [0.5, 0.6) is 0 Å². The smallest absolute Gasteiger partial charge is 0.450 e. The van der Waals surface area contributed by atoms with Crippen LogP contribution in [0.4, 0.5) is 13.2 Å². The molecule has 0 aliphatic carbocycles. The molecule has 1 aromatic heterocycles. The summed E-state index contributed by atoms with van der Waals surface area (Å²) in [6, 6.07) is 2.47. The Hall–Kier alpha value is -2.32. The van der Waals surface area contributed by atoms with E-state index in [1.807, 2.05) is 0 Å². The van der Waals surface area contributed by atoms with E-state index in [1.165, 1.54) is 17.3 Å². The maximum Gasteiger partial charge on any atom is 0.471 e. The number of nitrogens with one attached hydrogen (secondary N) is 1. The van der Waals surface area contributed by atoms with Gasteiger partial charge in [0.2, 0.25) is 0 Å². The van der Waals surface area contributed by atoms with Gasteiger partial charge in [-0.1, -0.05) is 0 Å². The Morgan fingerprint density at radius 3 is 2.53 bits per heavy atom. The second-order valence-corrected chi connectivity index (χ2v) is 3.57. The van der Waals surface area contributed by atoms with Crippen LogP contribution in [0.15, 0.2) is 21.7 Å². The van der Waals surface area contributed by atoms with Gasteiger partial charge in [0, 0.05) is 14.1 Å². The molecule has 0 atom stereocenters. The highest BCUT2D eigenvalue weighted by Gasteiger charge is 2.40. The first-order valence-corrected chi connectivity index (χ1v) is 4.94. The second-order valence-electron chi connectivity index (χ2n) is 3.57. The molecule has 0 aliphatic rings. The first kappa shape index (κ1) is 14.7. The van der Waals surface area contributed by atoms with Gasteiger partial charge >= 0.3 is 12.1 Å². The summed E-state index contributed by atoms with van der Waals surface area (Å²) in [6.45, 7) is 0. The zero-order valence-corrected chi connectivity index (χ0v) is 9.99. The van der Waals surface area contributed by atoms with Crippen LogP contribution in [-0.4, -0.2) is 43.3 Å². The summed E-state index contributed by atoms with van der Waals surface area (Å²) in [4.78, 5) is 21.8. The predicted molar refractivity (Wildman–Crippen MR) is 58.5 cm³/mol. The zero-order chi connectivity index (χ0) is 14.6. The molecular weight excluding hydrogens is 267 g/mol. The van der Waals surface area contributed by atoms with E-state index in [0.717, 1.165) is 11.4 Å². The summed E-state index contributed by atoms with van der Waals surface area (Å²) in [5, 5.41) is 6.42. The molecule has 6 nitrogen and oxygen atoms in total. The topological polar surface area (TPSA) is 74.9 Å². The molecule has 0 saturated carbocycles. The standard InChI is InChI=1S/C10H10F3N3O3/c1-16(2)14-5-6-3-4-7(19-6)8(17)15-9(18)10(11,12)13/h3-5H,1-2H3,(H,15,17,18)/b14-5+. The van der Waals surface area contributed by atoms with Gasteiger partial charge in [-0.05, 0) is 12.1 Å². The average molecular weight is 277 g/mol. The molecule has 1 heterocycles. The van der Waals surface area contributed by atoms with Crippen molar-refractivity contribution >= 4 is 18.0 Å². The van der Waals surface area contributed by atoms with Gasteiger partial charge in [0.15, 0.2) is 5.76 Å². The lowest BCUT2D eigenvalue weighted by Gasteiger charge is -2.04. The number of hydrogen-bond acceptors (Lipinski definition) is 5. The molecule has 9 heteroatoms. The molecule has 2 amide bonds. The molecule has 0 fully saturated rings. The van der Waals surface area contributed by atoms with Crippen LogP contribution in [0, 0.1) is 0 Å². The zero-order valence-electron chi connectivity index (χ0n) is 9.99. The van der Waals surface area contributed by atoms with Crippen molar-refractivity contribution in [3.8, 4) is 0 Å². The Balaban J connectivity index is 2.72. The van der Waals surface area contributed by atoms with Crippen molar-refractivity contribution in [2.24, 2.45) is 5.10 Å². The van der Waals surface area contributed by atoms with Crippen LogP contribution in [0.1, 0.15) is 16.3 Å². The number of imide groups is 1. The summed E-state index contributed by atoms with van der Waals surface area (Å²) in [5.41, 5.74) is 0. The van der Waals surface area contributed by atoms with Gasteiger partial charge in [0.05, 0.1) is 6.21 Å². The highest BCUT2D eigenvalue weighted by Crippen LogP contribution is 2.15. The number of nitrogens with zero attached hydrogens (tertiary/aromatic N) is 2. The molecule has 0 aliphatic heterocycles. The van der Waals surface area contributed by atoms with E-state index in [1.54, 1.807) is 14.1 Å². The van der Waals surface area contributed by atoms with Crippen molar-refractivity contribution in [2.45, 2.75) is 6.18 Å². The summed E-state index contributed by atoms with van der Waals surface area (Å²) >= 11 is 0. The highest BCUT2D eigenvalue weighted by atomic mass is 19.4. The Labute approximate surface area is 105 Å². The van der Waals surface area contributed by atoms with E-state index in [9.17, 15) is 22.8 Å². The molecule has 0 aromatic carbocycles. The summed E-state index contributed by atoms with van der Waals surface area (Å²) < 4.78 is 40.7. The fourth-order valence-corrected chi connectivity index (χ4v) is 0.952. The molecule has 0 saturated heterocycles. The number of halogens is 3. The van der Waals surface area contributed by atoms with E-state index in [-0.39, 0.29) is 5.76 Å². The Kier molecular flexibility index (Phi) is 4.30. The molecule has 0 spiro atoms. The minimum atomic E-state index is -5.13. The van der Waals surface area contributed by atoms with Crippen molar-refractivity contribution in [3.05, 3.63) is 23.7 Å². The summed E-state index contributed by atoms with van der Waals surface area (Å²) in [5.74, 6) is -3.87. The third-order valence-electron chi connectivity index (χ3n) is 1.75. The monoisotopic (exact) mass is 277 g/mol. The average Bonchev–Trinajstić information content (AvgIpc) is 2.73. The fourth-order valence-electron chi connectivity index (χ4n) is 0.952. The number of hydrogen-bond donors (Lipinski definition) is 1. The van der Waals surface area contributed by atoms with Crippen LogP contribution in [-0.2, 0) is 4.79 Å². The molecule has 0 bridgehead atoms. The largest absolute Gasteiger partial charge is 0.471 e. The molecule has 104 valence electrons. The number of hydrazone groups is 1. The van der Waals surface area contributed by atoms with E-state index < -0.39 is 23.8 Å². The first-order chi connectivity index (χ1) is 8.70. The van der Waals surface area contributed by atoms with Crippen LogP contribution in [0.3, 0.4) is 0 Å². The molecule has 0 radical (unpaired) electrons. The molecule has 19 heavy (non-hydrogen) atoms. The van der Waals surface area contributed by atoms with Gasteiger partial charge < -0.3 is 9.43 Å². The number of alkyl halides is 3. The van der Waals surface area contributed by atoms with Crippen molar-refractivity contribution < 1.29 is 27.2 Å². The Morgan fingerprint density at radius 2 is 2.00 bits per heavy atom. The van der Waals surface area contributed by atoms with Crippen LogP contribution in [0.2, 0.25) is 0 Å². The highest BCUT2D eigenvalue weighted by molar-refractivity contribution is 6.05. The van der Waals surface area contributed by atoms with Crippen molar-refractivity contribution in [1.82, 2.24) is 10.3 Å². The normalized spacial score (nSPS) is 11.6. The van der Waals surface area contributed by atoms with Crippen LogP contribution < -0.4 is 5.32 Å². The minimum absolute atomic E-state index is 0.165. The number of rotatable bonds is 3. The SMILES string of the molecule is CN(C)/N=C/c1ccc(C(=O)NC(=O)C(F)(F)F)o1. The summed E-state index contributed by atoms with van der Waals surface area (Å²) in [7, 11) is 3.30. The molecule has 0 unspecified atom stereocenters.